The number of fused-ring (bicyclic) bond motifs is 1. The molecule has 0 amide bonds. The molecule has 3 nitrogen and oxygen atoms in total. The molecule has 14 heavy (non-hydrogen) atoms. The first-order valence-corrected chi connectivity index (χ1v) is 5.32. The SMILES string of the molecule is CC[C@@H](O)c1c[nH]c2ncc(Br)cc12. The quantitative estimate of drug-likeness (QED) is 0.866. The molecule has 2 aromatic rings. The number of hydrogen-bond donors (Lipinski definition) is 2. The lowest BCUT2D eigenvalue weighted by atomic mass is 10.1. The summed E-state index contributed by atoms with van der Waals surface area (Å²) in [5, 5.41) is 10.7. The van der Waals surface area contributed by atoms with E-state index in [0.717, 1.165) is 21.1 Å². The zero-order chi connectivity index (χ0) is 10.1. The minimum Gasteiger partial charge on any atom is -0.388 e. The van der Waals surface area contributed by atoms with Crippen LogP contribution in [0.25, 0.3) is 11.0 Å². The van der Waals surface area contributed by atoms with Crippen molar-refractivity contribution in [2.24, 2.45) is 0 Å². The highest BCUT2D eigenvalue weighted by molar-refractivity contribution is 9.10. The van der Waals surface area contributed by atoms with E-state index in [4.69, 9.17) is 0 Å². The van der Waals surface area contributed by atoms with E-state index >= 15 is 0 Å². The van der Waals surface area contributed by atoms with Gasteiger partial charge in [0, 0.05) is 27.8 Å². The number of aromatic amines is 1. The first kappa shape index (κ1) is 9.68. The van der Waals surface area contributed by atoms with Crippen molar-refractivity contribution < 1.29 is 5.11 Å². The molecule has 0 aliphatic heterocycles. The van der Waals surface area contributed by atoms with Gasteiger partial charge in [0.25, 0.3) is 0 Å². The Labute approximate surface area is 90.3 Å². The minimum absolute atomic E-state index is 0.417. The summed E-state index contributed by atoms with van der Waals surface area (Å²) in [4.78, 5) is 7.24. The molecule has 0 spiro atoms. The van der Waals surface area contributed by atoms with Crippen LogP contribution < -0.4 is 0 Å². The van der Waals surface area contributed by atoms with Gasteiger partial charge in [-0.25, -0.2) is 4.98 Å². The van der Waals surface area contributed by atoms with Crippen LogP contribution in [-0.4, -0.2) is 15.1 Å². The second-order valence-electron chi connectivity index (χ2n) is 3.22. The Kier molecular flexibility index (Phi) is 2.56. The highest BCUT2D eigenvalue weighted by Gasteiger charge is 2.11. The summed E-state index contributed by atoms with van der Waals surface area (Å²) in [5.41, 5.74) is 1.73. The van der Waals surface area contributed by atoms with Crippen LogP contribution in [0.2, 0.25) is 0 Å². The lowest BCUT2D eigenvalue weighted by Gasteiger charge is -2.05. The third-order valence-corrected chi connectivity index (χ3v) is 2.71. The number of rotatable bonds is 2. The fraction of sp³-hybridized carbons (Fsp3) is 0.300. The van der Waals surface area contributed by atoms with Crippen molar-refractivity contribution in [3.05, 3.63) is 28.5 Å². The zero-order valence-electron chi connectivity index (χ0n) is 7.79. The summed E-state index contributed by atoms with van der Waals surface area (Å²) in [7, 11) is 0. The Hall–Kier alpha value is -0.870. The van der Waals surface area contributed by atoms with Crippen molar-refractivity contribution in [3.8, 4) is 0 Å². The summed E-state index contributed by atoms with van der Waals surface area (Å²) >= 11 is 3.36. The molecule has 0 radical (unpaired) electrons. The number of H-pyrrole nitrogens is 1. The van der Waals surface area contributed by atoms with Gasteiger partial charge < -0.3 is 10.1 Å². The number of aliphatic hydroxyl groups is 1. The Bertz CT molecular complexity index is 452. The molecular formula is C10H11BrN2O. The Morgan fingerprint density at radius 2 is 2.43 bits per heavy atom. The summed E-state index contributed by atoms with van der Waals surface area (Å²) in [6, 6.07) is 1.97. The molecule has 0 bridgehead atoms. The molecule has 0 unspecified atom stereocenters. The summed E-state index contributed by atoms with van der Waals surface area (Å²) in [6.45, 7) is 1.95. The molecule has 2 N–H and O–H groups in total. The normalized spacial score (nSPS) is 13.4. The van der Waals surface area contributed by atoms with Crippen molar-refractivity contribution in [2.45, 2.75) is 19.4 Å². The molecule has 2 heterocycles. The average molecular weight is 255 g/mol. The van der Waals surface area contributed by atoms with Gasteiger partial charge >= 0.3 is 0 Å². The number of nitrogens with one attached hydrogen (secondary N) is 1. The molecule has 0 aromatic carbocycles. The first-order valence-electron chi connectivity index (χ1n) is 4.53. The fourth-order valence-corrected chi connectivity index (χ4v) is 1.83. The van der Waals surface area contributed by atoms with Gasteiger partial charge in [-0.05, 0) is 28.4 Å². The number of halogens is 1. The van der Waals surface area contributed by atoms with Crippen LogP contribution in [0.5, 0.6) is 0 Å². The van der Waals surface area contributed by atoms with Crippen LogP contribution in [0.15, 0.2) is 22.9 Å². The van der Waals surface area contributed by atoms with Crippen molar-refractivity contribution in [3.63, 3.8) is 0 Å². The number of aromatic nitrogens is 2. The molecule has 2 aromatic heterocycles. The van der Waals surface area contributed by atoms with E-state index in [1.165, 1.54) is 0 Å². The van der Waals surface area contributed by atoms with Crippen LogP contribution >= 0.6 is 15.9 Å². The van der Waals surface area contributed by atoms with Gasteiger partial charge in [-0.1, -0.05) is 6.92 Å². The average Bonchev–Trinajstić information content (AvgIpc) is 2.59. The van der Waals surface area contributed by atoms with Crippen molar-refractivity contribution >= 4 is 27.0 Å². The molecule has 1 atom stereocenters. The number of aliphatic hydroxyl groups excluding tert-OH is 1. The maximum atomic E-state index is 9.74. The van der Waals surface area contributed by atoms with Gasteiger partial charge in [0.05, 0.1) is 6.10 Å². The number of hydrogen-bond acceptors (Lipinski definition) is 2. The van der Waals surface area contributed by atoms with Crippen LogP contribution in [0.3, 0.4) is 0 Å². The van der Waals surface area contributed by atoms with Crippen molar-refractivity contribution in [1.82, 2.24) is 9.97 Å². The Balaban J connectivity index is 2.61. The van der Waals surface area contributed by atoms with Gasteiger partial charge in [-0.2, -0.15) is 0 Å². The van der Waals surface area contributed by atoms with E-state index in [2.05, 4.69) is 25.9 Å². The summed E-state index contributed by atoms with van der Waals surface area (Å²) in [6.07, 6.45) is 3.85. The third kappa shape index (κ3) is 1.55. The fourth-order valence-electron chi connectivity index (χ4n) is 1.49. The summed E-state index contributed by atoms with van der Waals surface area (Å²) < 4.78 is 0.925. The molecule has 4 heteroatoms. The molecule has 0 saturated carbocycles. The van der Waals surface area contributed by atoms with Crippen molar-refractivity contribution in [1.29, 1.82) is 0 Å². The second kappa shape index (κ2) is 3.71. The van der Waals surface area contributed by atoms with Gasteiger partial charge in [-0.3, -0.25) is 0 Å². The highest BCUT2D eigenvalue weighted by atomic mass is 79.9. The maximum Gasteiger partial charge on any atom is 0.137 e. The van der Waals surface area contributed by atoms with E-state index in [1.807, 2.05) is 19.2 Å². The molecular weight excluding hydrogens is 244 g/mol. The van der Waals surface area contributed by atoms with E-state index < -0.39 is 6.10 Å². The van der Waals surface area contributed by atoms with Crippen LogP contribution in [0.4, 0.5) is 0 Å². The molecule has 0 fully saturated rings. The second-order valence-corrected chi connectivity index (χ2v) is 4.13. The minimum atomic E-state index is -0.417. The van der Waals surface area contributed by atoms with Gasteiger partial charge in [0.15, 0.2) is 0 Å². The molecule has 0 aliphatic carbocycles. The van der Waals surface area contributed by atoms with E-state index in [-0.39, 0.29) is 0 Å². The topological polar surface area (TPSA) is 48.9 Å². The standard InChI is InChI=1S/C10H11BrN2O/c1-2-9(14)8-5-13-10-7(8)3-6(11)4-12-10/h3-5,9,14H,2H2,1H3,(H,12,13)/t9-/m1/s1. The van der Waals surface area contributed by atoms with Gasteiger partial charge in [0.2, 0.25) is 0 Å². The Morgan fingerprint density at radius 3 is 3.14 bits per heavy atom. The predicted molar refractivity (Wildman–Crippen MR) is 59.0 cm³/mol. The van der Waals surface area contributed by atoms with Gasteiger partial charge in [-0.15, -0.1) is 0 Å². The predicted octanol–water partition coefficient (Wildman–Crippen LogP) is 2.77. The number of nitrogens with zero attached hydrogens (tertiary/aromatic N) is 1. The van der Waals surface area contributed by atoms with E-state index in [9.17, 15) is 5.11 Å². The zero-order valence-corrected chi connectivity index (χ0v) is 9.37. The largest absolute Gasteiger partial charge is 0.388 e. The smallest absolute Gasteiger partial charge is 0.137 e. The van der Waals surface area contributed by atoms with Crippen LogP contribution in [0, 0.1) is 0 Å². The maximum absolute atomic E-state index is 9.74. The lowest BCUT2D eigenvalue weighted by molar-refractivity contribution is 0.175. The van der Waals surface area contributed by atoms with Crippen LogP contribution in [0.1, 0.15) is 25.0 Å². The number of pyridine rings is 1. The lowest BCUT2D eigenvalue weighted by Crippen LogP contribution is -1.93. The monoisotopic (exact) mass is 254 g/mol. The molecule has 0 saturated heterocycles. The molecule has 74 valence electrons. The van der Waals surface area contributed by atoms with Crippen molar-refractivity contribution in [2.75, 3.05) is 0 Å². The Morgan fingerprint density at radius 1 is 1.64 bits per heavy atom. The van der Waals surface area contributed by atoms with Crippen LogP contribution in [-0.2, 0) is 0 Å². The first-order chi connectivity index (χ1) is 6.72. The van der Waals surface area contributed by atoms with E-state index in [1.54, 1.807) is 6.20 Å². The summed E-state index contributed by atoms with van der Waals surface area (Å²) in [5.74, 6) is 0. The van der Waals surface area contributed by atoms with E-state index in [0.29, 0.717) is 6.42 Å². The molecule has 2 rings (SSSR count). The molecule has 0 aliphatic rings. The van der Waals surface area contributed by atoms with Gasteiger partial charge in [0.1, 0.15) is 5.65 Å². The third-order valence-electron chi connectivity index (χ3n) is 2.28. The highest BCUT2D eigenvalue weighted by Crippen LogP contribution is 2.26.